The lowest BCUT2D eigenvalue weighted by molar-refractivity contribution is 0.770. The molecule has 0 saturated heterocycles. The second-order valence-electron chi connectivity index (χ2n) is 10.9. The molecule has 1 atom stereocenters. The minimum atomic E-state index is 0.110. The fourth-order valence-corrected chi connectivity index (χ4v) is 6.27. The molecule has 0 bridgehead atoms. The van der Waals surface area contributed by atoms with Crippen LogP contribution < -0.4 is 0 Å². The highest BCUT2D eigenvalue weighted by atomic mass is 15.0. The molecule has 3 heteroatoms. The quantitative estimate of drug-likeness (QED) is 0.210. The SMILES string of the molecule is C1=CC(c2ncnc(-c3cccc(-c4ccc5c6ccccc6c6ccccc6c5c4)c3)n2)CC(c2ccccc2)=C1. The summed E-state index contributed by atoms with van der Waals surface area (Å²) in [6, 6.07) is 43.3. The van der Waals surface area contributed by atoms with Crippen molar-refractivity contribution in [3.8, 4) is 22.5 Å². The van der Waals surface area contributed by atoms with Crippen LogP contribution in [0.5, 0.6) is 0 Å². The van der Waals surface area contributed by atoms with Crippen LogP contribution >= 0.6 is 0 Å². The first-order valence-corrected chi connectivity index (χ1v) is 14.4. The van der Waals surface area contributed by atoms with Crippen LogP contribution in [0.4, 0.5) is 0 Å². The average molecular weight is 538 g/mol. The van der Waals surface area contributed by atoms with Crippen LogP contribution in [0.3, 0.4) is 0 Å². The third-order valence-electron chi connectivity index (χ3n) is 8.35. The van der Waals surface area contributed by atoms with E-state index in [0.29, 0.717) is 5.82 Å². The van der Waals surface area contributed by atoms with Gasteiger partial charge in [-0.15, -0.1) is 0 Å². The van der Waals surface area contributed by atoms with Crippen molar-refractivity contribution in [1.82, 2.24) is 15.0 Å². The maximum absolute atomic E-state index is 4.95. The molecule has 0 amide bonds. The maximum atomic E-state index is 4.95. The number of hydrogen-bond donors (Lipinski definition) is 0. The third-order valence-corrected chi connectivity index (χ3v) is 8.35. The zero-order chi connectivity index (χ0) is 27.9. The van der Waals surface area contributed by atoms with E-state index < -0.39 is 0 Å². The molecule has 8 rings (SSSR count). The Kier molecular flexibility index (Phi) is 5.93. The lowest BCUT2D eigenvalue weighted by Gasteiger charge is -2.18. The molecule has 0 N–H and O–H groups in total. The van der Waals surface area contributed by atoms with Crippen LogP contribution in [0.25, 0.3) is 60.4 Å². The van der Waals surface area contributed by atoms with E-state index in [4.69, 9.17) is 4.98 Å². The Bertz CT molecular complexity index is 2140. The zero-order valence-corrected chi connectivity index (χ0v) is 23.0. The van der Waals surface area contributed by atoms with E-state index in [-0.39, 0.29) is 5.92 Å². The molecular weight excluding hydrogens is 510 g/mol. The Labute approximate surface area is 244 Å². The number of hydrogen-bond acceptors (Lipinski definition) is 3. The molecule has 6 aromatic carbocycles. The second-order valence-corrected chi connectivity index (χ2v) is 10.9. The summed E-state index contributed by atoms with van der Waals surface area (Å²) in [6.07, 6.45) is 9.00. The Morgan fingerprint density at radius 2 is 1.12 bits per heavy atom. The molecule has 1 heterocycles. The van der Waals surface area contributed by atoms with Gasteiger partial charge < -0.3 is 0 Å². The minimum Gasteiger partial charge on any atom is -0.221 e. The second kappa shape index (κ2) is 10.2. The molecule has 0 aliphatic heterocycles. The van der Waals surface area contributed by atoms with Gasteiger partial charge in [-0.25, -0.2) is 15.0 Å². The molecule has 0 fully saturated rings. The van der Waals surface area contributed by atoms with Crippen molar-refractivity contribution < 1.29 is 0 Å². The monoisotopic (exact) mass is 537 g/mol. The van der Waals surface area contributed by atoms with Crippen LogP contribution in [-0.2, 0) is 0 Å². The van der Waals surface area contributed by atoms with E-state index in [1.165, 1.54) is 49.0 Å². The Morgan fingerprint density at radius 1 is 0.500 bits per heavy atom. The highest BCUT2D eigenvalue weighted by Gasteiger charge is 2.19. The van der Waals surface area contributed by atoms with Crippen molar-refractivity contribution in [1.29, 1.82) is 0 Å². The number of allylic oxidation sites excluding steroid dienone is 4. The number of benzene rings is 6. The summed E-state index contributed by atoms with van der Waals surface area (Å²) in [5.41, 5.74) is 5.83. The molecule has 3 nitrogen and oxygen atoms in total. The molecule has 0 radical (unpaired) electrons. The van der Waals surface area contributed by atoms with E-state index in [2.05, 4.69) is 150 Å². The van der Waals surface area contributed by atoms with Gasteiger partial charge in [0.1, 0.15) is 12.2 Å². The Balaban J connectivity index is 1.16. The number of rotatable bonds is 4. The summed E-state index contributed by atoms with van der Waals surface area (Å²) < 4.78 is 0. The molecule has 1 unspecified atom stereocenters. The predicted octanol–water partition coefficient (Wildman–Crippen LogP) is 9.79. The van der Waals surface area contributed by atoms with Crippen LogP contribution in [0.2, 0.25) is 0 Å². The van der Waals surface area contributed by atoms with Gasteiger partial charge >= 0.3 is 0 Å². The van der Waals surface area contributed by atoms with E-state index in [0.717, 1.165) is 23.4 Å². The van der Waals surface area contributed by atoms with Gasteiger partial charge in [0.15, 0.2) is 5.82 Å². The summed E-state index contributed by atoms with van der Waals surface area (Å²) in [5, 5.41) is 7.67. The van der Waals surface area contributed by atoms with E-state index in [1.54, 1.807) is 6.33 Å². The highest BCUT2D eigenvalue weighted by molar-refractivity contribution is 6.25. The first kappa shape index (κ1) is 24.4. The number of nitrogens with zero attached hydrogens (tertiary/aromatic N) is 3. The fourth-order valence-electron chi connectivity index (χ4n) is 6.27. The first-order valence-electron chi connectivity index (χ1n) is 14.4. The minimum absolute atomic E-state index is 0.110. The van der Waals surface area contributed by atoms with Gasteiger partial charge in [-0.3, -0.25) is 0 Å². The fraction of sp³-hybridized carbons (Fsp3) is 0.0513. The molecule has 7 aromatic rings. The molecule has 1 aromatic heterocycles. The lowest BCUT2D eigenvalue weighted by atomic mass is 9.89. The Morgan fingerprint density at radius 3 is 1.88 bits per heavy atom. The van der Waals surface area contributed by atoms with Crippen LogP contribution in [0, 0.1) is 0 Å². The van der Waals surface area contributed by atoms with E-state index >= 15 is 0 Å². The van der Waals surface area contributed by atoms with Crippen LogP contribution in [0.1, 0.15) is 23.7 Å². The summed E-state index contributed by atoms with van der Waals surface area (Å²) in [4.78, 5) is 14.1. The molecule has 42 heavy (non-hydrogen) atoms. The smallest absolute Gasteiger partial charge is 0.163 e. The van der Waals surface area contributed by atoms with Gasteiger partial charge in [-0.1, -0.05) is 127 Å². The van der Waals surface area contributed by atoms with Gasteiger partial charge in [0.25, 0.3) is 0 Å². The van der Waals surface area contributed by atoms with Gasteiger partial charge in [-0.05, 0) is 73.1 Å². The van der Waals surface area contributed by atoms with Gasteiger partial charge in [-0.2, -0.15) is 0 Å². The van der Waals surface area contributed by atoms with Crippen LogP contribution in [0.15, 0.2) is 146 Å². The Hall–Kier alpha value is -5.41. The van der Waals surface area contributed by atoms with Gasteiger partial charge in [0.2, 0.25) is 0 Å². The normalized spacial score (nSPS) is 14.9. The van der Waals surface area contributed by atoms with E-state index in [1.807, 2.05) is 0 Å². The van der Waals surface area contributed by atoms with Crippen molar-refractivity contribution in [2.24, 2.45) is 0 Å². The third kappa shape index (κ3) is 4.27. The summed E-state index contributed by atoms with van der Waals surface area (Å²) in [5.74, 6) is 1.61. The summed E-state index contributed by atoms with van der Waals surface area (Å²) in [7, 11) is 0. The zero-order valence-electron chi connectivity index (χ0n) is 23.0. The van der Waals surface area contributed by atoms with Gasteiger partial charge in [0.05, 0.1) is 0 Å². The average Bonchev–Trinajstić information content (AvgIpc) is 3.09. The summed E-state index contributed by atoms with van der Waals surface area (Å²) >= 11 is 0. The number of fused-ring (bicyclic) bond motifs is 6. The molecule has 1 aliphatic carbocycles. The molecule has 0 saturated carbocycles. The van der Waals surface area contributed by atoms with Crippen molar-refractivity contribution in [3.63, 3.8) is 0 Å². The standard InChI is InChI=1S/C39H27N3/c1-2-10-26(11-3-1)27-12-8-14-30(22-27)38-40-25-41-39(42-38)31-15-9-13-28(23-31)29-20-21-36-34-18-5-4-16-32(34)33-17-6-7-19-35(33)37(36)24-29/h1-21,23-25,30H,22H2. The first-order chi connectivity index (χ1) is 20.8. The van der Waals surface area contributed by atoms with E-state index in [9.17, 15) is 0 Å². The predicted molar refractivity (Wildman–Crippen MR) is 174 cm³/mol. The highest BCUT2D eigenvalue weighted by Crippen LogP contribution is 2.38. The largest absolute Gasteiger partial charge is 0.221 e. The van der Waals surface area contributed by atoms with Crippen LogP contribution in [-0.4, -0.2) is 15.0 Å². The molecular formula is C39H27N3. The van der Waals surface area contributed by atoms with Crippen molar-refractivity contribution in [2.75, 3.05) is 0 Å². The van der Waals surface area contributed by atoms with Crippen molar-refractivity contribution >= 4 is 37.9 Å². The van der Waals surface area contributed by atoms with Gasteiger partial charge in [0, 0.05) is 11.5 Å². The number of aromatic nitrogens is 3. The molecule has 198 valence electrons. The molecule has 0 spiro atoms. The van der Waals surface area contributed by atoms with Crippen molar-refractivity contribution in [3.05, 3.63) is 157 Å². The topological polar surface area (TPSA) is 38.7 Å². The summed E-state index contributed by atoms with van der Waals surface area (Å²) in [6.45, 7) is 0. The lowest BCUT2D eigenvalue weighted by Crippen LogP contribution is -2.07. The maximum Gasteiger partial charge on any atom is 0.163 e. The molecule has 1 aliphatic rings. The van der Waals surface area contributed by atoms with Crippen molar-refractivity contribution in [2.45, 2.75) is 12.3 Å².